The molecule has 0 aliphatic rings. The molecule has 3 nitrogen and oxygen atoms in total. The van der Waals surface area contributed by atoms with Crippen LogP contribution in [0.1, 0.15) is 37.8 Å². The van der Waals surface area contributed by atoms with Gasteiger partial charge in [0.25, 0.3) is 0 Å². The predicted octanol–water partition coefficient (Wildman–Crippen LogP) is 2.64. The number of aryl methyl sites for hydroxylation is 1. The Hall–Kier alpha value is -1.64. The van der Waals surface area contributed by atoms with Gasteiger partial charge in [0, 0.05) is 18.8 Å². The van der Waals surface area contributed by atoms with Crippen LogP contribution in [0.2, 0.25) is 0 Å². The molecule has 1 aromatic carbocycles. The summed E-state index contributed by atoms with van der Waals surface area (Å²) in [4.78, 5) is 23.4. The number of benzene rings is 1. The normalized spacial score (nSPS) is 13.8. The molecule has 104 valence electrons. The third-order valence-electron chi connectivity index (χ3n) is 3.67. The van der Waals surface area contributed by atoms with Crippen molar-refractivity contribution in [2.24, 2.45) is 17.6 Å². The highest BCUT2D eigenvalue weighted by Gasteiger charge is 2.24. The number of Topliss-reactive ketones (excluding diaryl/α,β-unsaturated/α-hetero) is 1. The third kappa shape index (κ3) is 4.86. The number of primary amides is 1. The van der Waals surface area contributed by atoms with Crippen LogP contribution in [-0.4, -0.2) is 11.7 Å². The molecular formula is C16H23NO2. The van der Waals surface area contributed by atoms with Crippen molar-refractivity contribution in [3.63, 3.8) is 0 Å². The van der Waals surface area contributed by atoms with Gasteiger partial charge in [-0.25, -0.2) is 0 Å². The van der Waals surface area contributed by atoms with Gasteiger partial charge >= 0.3 is 0 Å². The van der Waals surface area contributed by atoms with Crippen molar-refractivity contribution < 1.29 is 9.59 Å². The summed E-state index contributed by atoms with van der Waals surface area (Å²) in [5.74, 6) is -0.484. The number of carbonyl (C=O) groups excluding carboxylic acids is 2. The molecule has 0 unspecified atom stereocenters. The van der Waals surface area contributed by atoms with Crippen LogP contribution in [0.5, 0.6) is 0 Å². The van der Waals surface area contributed by atoms with E-state index in [1.807, 2.05) is 45.0 Å². The minimum atomic E-state index is -0.369. The molecule has 1 aromatic rings. The molecule has 0 spiro atoms. The van der Waals surface area contributed by atoms with Gasteiger partial charge in [0.15, 0.2) is 0 Å². The largest absolute Gasteiger partial charge is 0.369 e. The van der Waals surface area contributed by atoms with E-state index in [0.29, 0.717) is 6.42 Å². The van der Waals surface area contributed by atoms with Crippen LogP contribution >= 0.6 is 0 Å². The van der Waals surface area contributed by atoms with Gasteiger partial charge in [-0.3, -0.25) is 9.59 Å². The van der Waals surface area contributed by atoms with E-state index < -0.39 is 0 Å². The van der Waals surface area contributed by atoms with Crippen LogP contribution in [-0.2, 0) is 16.0 Å². The number of amides is 1. The molecule has 0 heterocycles. The summed E-state index contributed by atoms with van der Waals surface area (Å²) >= 11 is 0. The minimum absolute atomic E-state index is 0.0768. The second kappa shape index (κ2) is 7.07. The molecule has 1 rings (SSSR count). The zero-order chi connectivity index (χ0) is 14.4. The Morgan fingerprint density at radius 1 is 1.21 bits per heavy atom. The van der Waals surface area contributed by atoms with Gasteiger partial charge in [-0.15, -0.1) is 0 Å². The molecule has 0 aliphatic carbocycles. The molecule has 19 heavy (non-hydrogen) atoms. The maximum atomic E-state index is 12.0. The number of rotatable bonds is 7. The zero-order valence-electron chi connectivity index (χ0n) is 12.0. The number of hydrogen-bond acceptors (Lipinski definition) is 2. The van der Waals surface area contributed by atoms with Crippen molar-refractivity contribution in [1.82, 2.24) is 0 Å². The second-order valence-corrected chi connectivity index (χ2v) is 5.30. The van der Waals surface area contributed by atoms with Crippen molar-refractivity contribution in [2.45, 2.75) is 40.0 Å². The summed E-state index contributed by atoms with van der Waals surface area (Å²) in [6.45, 7) is 5.98. The second-order valence-electron chi connectivity index (χ2n) is 5.30. The fraction of sp³-hybridized carbons (Fsp3) is 0.500. The van der Waals surface area contributed by atoms with Gasteiger partial charge < -0.3 is 5.73 Å². The topological polar surface area (TPSA) is 60.2 Å². The Morgan fingerprint density at radius 3 is 2.26 bits per heavy atom. The molecular weight excluding hydrogens is 238 g/mol. The van der Waals surface area contributed by atoms with E-state index in [1.165, 1.54) is 5.56 Å². The highest BCUT2D eigenvalue weighted by molar-refractivity contribution is 5.87. The van der Waals surface area contributed by atoms with E-state index >= 15 is 0 Å². The summed E-state index contributed by atoms with van der Waals surface area (Å²) in [6.07, 6.45) is 1.48. The summed E-state index contributed by atoms with van der Waals surface area (Å²) in [7, 11) is 0. The fourth-order valence-corrected chi connectivity index (χ4v) is 2.12. The molecule has 3 heteroatoms. The molecule has 0 aromatic heterocycles. The van der Waals surface area contributed by atoms with Crippen LogP contribution in [0.3, 0.4) is 0 Å². The lowest BCUT2D eigenvalue weighted by Gasteiger charge is -2.18. The van der Waals surface area contributed by atoms with Crippen molar-refractivity contribution in [2.75, 3.05) is 0 Å². The zero-order valence-corrected chi connectivity index (χ0v) is 12.0. The first-order valence-corrected chi connectivity index (χ1v) is 6.80. The lowest BCUT2D eigenvalue weighted by Crippen LogP contribution is -2.31. The first-order chi connectivity index (χ1) is 8.93. The van der Waals surface area contributed by atoms with E-state index in [2.05, 4.69) is 0 Å². The molecule has 2 N–H and O–H groups in total. The lowest BCUT2D eigenvalue weighted by atomic mass is 9.86. The summed E-state index contributed by atoms with van der Waals surface area (Å²) < 4.78 is 0. The standard InChI is InChI=1S/C16H23NO2/c1-4-12(3)15(16(17)19)10-14(18)9-13-7-5-11(2)6-8-13/h5-8,12,15H,4,9-10H2,1-3H3,(H2,17,19)/t12-,15-/m0/s1. The fourth-order valence-electron chi connectivity index (χ4n) is 2.12. The average Bonchev–Trinajstić information content (AvgIpc) is 2.37. The van der Waals surface area contributed by atoms with Crippen molar-refractivity contribution in [1.29, 1.82) is 0 Å². The van der Waals surface area contributed by atoms with Gasteiger partial charge in [0.05, 0.1) is 0 Å². The first kappa shape index (κ1) is 15.4. The van der Waals surface area contributed by atoms with Crippen molar-refractivity contribution >= 4 is 11.7 Å². The third-order valence-corrected chi connectivity index (χ3v) is 3.67. The monoisotopic (exact) mass is 261 g/mol. The smallest absolute Gasteiger partial charge is 0.221 e. The van der Waals surface area contributed by atoms with Crippen LogP contribution in [0, 0.1) is 18.8 Å². The van der Waals surface area contributed by atoms with Gasteiger partial charge in [-0.1, -0.05) is 50.1 Å². The molecule has 0 aliphatic heterocycles. The van der Waals surface area contributed by atoms with Crippen LogP contribution in [0.25, 0.3) is 0 Å². The molecule has 0 bridgehead atoms. The Balaban J connectivity index is 2.62. The number of hydrogen-bond donors (Lipinski definition) is 1. The summed E-state index contributed by atoms with van der Waals surface area (Å²) in [5.41, 5.74) is 7.54. The van der Waals surface area contributed by atoms with E-state index in [0.717, 1.165) is 12.0 Å². The first-order valence-electron chi connectivity index (χ1n) is 6.80. The summed E-state index contributed by atoms with van der Waals surface area (Å²) in [5, 5.41) is 0. The number of ketones is 1. The van der Waals surface area contributed by atoms with Crippen LogP contribution < -0.4 is 5.73 Å². The van der Waals surface area contributed by atoms with Crippen molar-refractivity contribution in [3.8, 4) is 0 Å². The van der Waals surface area contributed by atoms with Gasteiger partial charge in [-0.2, -0.15) is 0 Å². The molecule has 0 saturated carbocycles. The maximum absolute atomic E-state index is 12.0. The van der Waals surface area contributed by atoms with Gasteiger partial charge in [0.2, 0.25) is 5.91 Å². The Bertz CT molecular complexity index is 437. The summed E-state index contributed by atoms with van der Waals surface area (Å²) in [6, 6.07) is 7.89. The molecule has 0 radical (unpaired) electrons. The molecule has 0 fully saturated rings. The highest BCUT2D eigenvalue weighted by Crippen LogP contribution is 2.20. The van der Waals surface area contributed by atoms with E-state index in [4.69, 9.17) is 5.73 Å². The van der Waals surface area contributed by atoms with Crippen molar-refractivity contribution in [3.05, 3.63) is 35.4 Å². The maximum Gasteiger partial charge on any atom is 0.221 e. The molecule has 2 atom stereocenters. The highest BCUT2D eigenvalue weighted by atomic mass is 16.1. The van der Waals surface area contributed by atoms with E-state index in [-0.39, 0.29) is 29.9 Å². The Morgan fingerprint density at radius 2 is 1.79 bits per heavy atom. The molecule has 0 saturated heterocycles. The Labute approximate surface area is 115 Å². The quantitative estimate of drug-likeness (QED) is 0.820. The minimum Gasteiger partial charge on any atom is -0.369 e. The van der Waals surface area contributed by atoms with Crippen LogP contribution in [0.4, 0.5) is 0 Å². The number of nitrogens with two attached hydrogens (primary N) is 1. The average molecular weight is 261 g/mol. The Kier molecular flexibility index (Phi) is 5.74. The lowest BCUT2D eigenvalue weighted by molar-refractivity contribution is -0.128. The molecule has 1 amide bonds. The van der Waals surface area contributed by atoms with E-state index in [9.17, 15) is 9.59 Å². The van der Waals surface area contributed by atoms with Gasteiger partial charge in [0.1, 0.15) is 5.78 Å². The van der Waals surface area contributed by atoms with Crippen LogP contribution in [0.15, 0.2) is 24.3 Å². The van der Waals surface area contributed by atoms with E-state index in [1.54, 1.807) is 0 Å². The van der Waals surface area contributed by atoms with Gasteiger partial charge in [-0.05, 0) is 18.4 Å². The number of carbonyl (C=O) groups is 2. The predicted molar refractivity (Wildman–Crippen MR) is 76.6 cm³/mol. The SMILES string of the molecule is CC[C@H](C)[C@H](CC(=O)Cc1ccc(C)cc1)C(N)=O.